The molecule has 1 aliphatic rings. The SMILES string of the molecule is COc1ccc(CCN(Cc2sccc2C)C(=O)CN(CC(C)C)C(=O)C2CCC2)cc1OC. The number of nitrogens with zero attached hydrogens (tertiary/aromatic N) is 2. The van der Waals surface area contributed by atoms with E-state index in [0.717, 1.165) is 24.8 Å². The van der Waals surface area contributed by atoms with Gasteiger partial charge >= 0.3 is 0 Å². The van der Waals surface area contributed by atoms with Gasteiger partial charge in [-0.15, -0.1) is 11.3 Å². The lowest BCUT2D eigenvalue weighted by atomic mass is 9.84. The number of carbonyl (C=O) groups is 2. The van der Waals surface area contributed by atoms with Crippen molar-refractivity contribution in [2.75, 3.05) is 33.9 Å². The van der Waals surface area contributed by atoms with Gasteiger partial charge in [-0.3, -0.25) is 9.59 Å². The van der Waals surface area contributed by atoms with Gasteiger partial charge in [-0.2, -0.15) is 0 Å². The molecular formula is C27H38N2O4S. The highest BCUT2D eigenvalue weighted by Crippen LogP contribution is 2.29. The molecule has 1 heterocycles. The molecule has 0 N–H and O–H groups in total. The van der Waals surface area contributed by atoms with Gasteiger partial charge in [0.15, 0.2) is 11.5 Å². The summed E-state index contributed by atoms with van der Waals surface area (Å²) in [4.78, 5) is 31.4. The molecule has 186 valence electrons. The fourth-order valence-corrected chi connectivity index (χ4v) is 5.10. The Morgan fingerprint density at radius 2 is 1.82 bits per heavy atom. The topological polar surface area (TPSA) is 59.1 Å². The average Bonchev–Trinajstić information content (AvgIpc) is 3.18. The van der Waals surface area contributed by atoms with Crippen molar-refractivity contribution in [2.45, 2.75) is 53.0 Å². The monoisotopic (exact) mass is 486 g/mol. The highest BCUT2D eigenvalue weighted by molar-refractivity contribution is 7.10. The van der Waals surface area contributed by atoms with Gasteiger partial charge in [-0.25, -0.2) is 0 Å². The first kappa shape index (κ1) is 26.1. The largest absolute Gasteiger partial charge is 0.493 e. The Morgan fingerprint density at radius 1 is 1.09 bits per heavy atom. The molecule has 34 heavy (non-hydrogen) atoms. The van der Waals surface area contributed by atoms with E-state index in [4.69, 9.17) is 9.47 Å². The fourth-order valence-electron chi connectivity index (χ4n) is 4.18. The second-order valence-electron chi connectivity index (χ2n) is 9.52. The van der Waals surface area contributed by atoms with Gasteiger partial charge in [-0.1, -0.05) is 26.3 Å². The van der Waals surface area contributed by atoms with E-state index >= 15 is 0 Å². The lowest BCUT2D eigenvalue weighted by Crippen LogP contribution is -2.47. The first-order chi connectivity index (χ1) is 16.3. The van der Waals surface area contributed by atoms with E-state index in [2.05, 4.69) is 32.2 Å². The number of ether oxygens (including phenoxy) is 2. The van der Waals surface area contributed by atoms with Crippen molar-refractivity contribution in [3.05, 3.63) is 45.6 Å². The number of amides is 2. The van der Waals surface area contributed by atoms with E-state index in [1.807, 2.05) is 23.1 Å². The molecule has 2 amide bonds. The standard InChI is InChI=1S/C27H38N2O4S/c1-19(2)16-29(27(31)22-7-6-8-22)18-26(30)28(17-25-20(3)12-14-34-25)13-11-21-9-10-23(32-4)24(15-21)33-5/h9-10,12,14-15,19,22H,6-8,11,13,16-18H2,1-5H3. The van der Waals surface area contributed by atoms with Crippen LogP contribution >= 0.6 is 11.3 Å². The summed E-state index contributed by atoms with van der Waals surface area (Å²) in [5.74, 6) is 1.92. The van der Waals surface area contributed by atoms with Crippen LogP contribution in [0.5, 0.6) is 11.5 Å². The molecule has 6 nitrogen and oxygen atoms in total. The zero-order valence-electron chi connectivity index (χ0n) is 21.1. The van der Waals surface area contributed by atoms with Gasteiger partial charge in [0.05, 0.1) is 27.3 Å². The van der Waals surface area contributed by atoms with E-state index < -0.39 is 0 Å². The summed E-state index contributed by atoms with van der Waals surface area (Å²) in [6, 6.07) is 7.95. The van der Waals surface area contributed by atoms with Crippen LogP contribution in [-0.4, -0.2) is 55.5 Å². The third-order valence-corrected chi connectivity index (χ3v) is 7.46. The molecule has 1 fully saturated rings. The molecule has 0 spiro atoms. The summed E-state index contributed by atoms with van der Waals surface area (Å²) in [5, 5.41) is 2.06. The van der Waals surface area contributed by atoms with Gasteiger partial charge in [-0.05, 0) is 66.8 Å². The molecule has 0 atom stereocenters. The lowest BCUT2D eigenvalue weighted by Gasteiger charge is -2.34. The molecule has 1 aromatic heterocycles. The number of hydrogen-bond donors (Lipinski definition) is 0. The normalized spacial score (nSPS) is 13.5. The Balaban J connectivity index is 1.75. The molecule has 0 radical (unpaired) electrons. The maximum Gasteiger partial charge on any atom is 0.242 e. The van der Waals surface area contributed by atoms with Crippen molar-refractivity contribution in [2.24, 2.45) is 11.8 Å². The third-order valence-electron chi connectivity index (χ3n) is 6.45. The molecule has 3 rings (SSSR count). The quantitative estimate of drug-likeness (QED) is 0.427. The van der Waals surface area contributed by atoms with E-state index in [9.17, 15) is 9.59 Å². The Bertz CT molecular complexity index is 967. The minimum atomic E-state index is 0.00148. The maximum atomic E-state index is 13.5. The van der Waals surface area contributed by atoms with Crippen LogP contribution in [0.4, 0.5) is 0 Å². The van der Waals surface area contributed by atoms with Crippen LogP contribution in [0, 0.1) is 18.8 Å². The summed E-state index contributed by atoms with van der Waals surface area (Å²) < 4.78 is 10.8. The highest BCUT2D eigenvalue weighted by atomic mass is 32.1. The second-order valence-corrected chi connectivity index (χ2v) is 10.5. The zero-order valence-corrected chi connectivity index (χ0v) is 22.0. The van der Waals surface area contributed by atoms with Crippen LogP contribution in [0.25, 0.3) is 0 Å². The van der Waals surface area contributed by atoms with Crippen molar-refractivity contribution in [1.29, 1.82) is 0 Å². The molecule has 0 aliphatic heterocycles. The summed E-state index contributed by atoms with van der Waals surface area (Å²) >= 11 is 1.67. The smallest absolute Gasteiger partial charge is 0.242 e. The molecule has 1 saturated carbocycles. The van der Waals surface area contributed by atoms with Gasteiger partial charge in [0.1, 0.15) is 0 Å². The molecule has 2 aromatic rings. The number of aryl methyl sites for hydroxylation is 1. The number of rotatable bonds is 12. The summed E-state index contributed by atoms with van der Waals surface area (Å²) in [6.07, 6.45) is 3.68. The van der Waals surface area contributed by atoms with Crippen molar-refractivity contribution >= 4 is 23.2 Å². The Hall–Kier alpha value is -2.54. The van der Waals surface area contributed by atoms with Crippen LogP contribution in [0.15, 0.2) is 29.6 Å². The average molecular weight is 487 g/mol. The van der Waals surface area contributed by atoms with E-state index in [1.54, 1.807) is 30.5 Å². The molecule has 0 bridgehead atoms. The van der Waals surface area contributed by atoms with Crippen molar-refractivity contribution < 1.29 is 19.1 Å². The van der Waals surface area contributed by atoms with Crippen LogP contribution in [-0.2, 0) is 22.6 Å². The summed E-state index contributed by atoms with van der Waals surface area (Å²) in [7, 11) is 3.24. The fraction of sp³-hybridized carbons (Fsp3) is 0.556. The summed E-state index contributed by atoms with van der Waals surface area (Å²) in [5.41, 5.74) is 2.27. The number of carbonyl (C=O) groups excluding carboxylic acids is 2. The minimum absolute atomic E-state index is 0.00148. The second kappa shape index (κ2) is 12.2. The molecule has 1 aromatic carbocycles. The third kappa shape index (κ3) is 6.75. The Labute approximate surface area is 207 Å². The summed E-state index contributed by atoms with van der Waals surface area (Å²) in [6.45, 7) is 8.15. The molecule has 0 unspecified atom stereocenters. The van der Waals surface area contributed by atoms with E-state index in [-0.39, 0.29) is 24.3 Å². The van der Waals surface area contributed by atoms with Crippen LogP contribution < -0.4 is 9.47 Å². The Kier molecular flexibility index (Phi) is 9.39. The maximum absolute atomic E-state index is 13.5. The van der Waals surface area contributed by atoms with Crippen molar-refractivity contribution in [1.82, 2.24) is 9.80 Å². The van der Waals surface area contributed by atoms with Gasteiger partial charge in [0, 0.05) is 23.9 Å². The highest BCUT2D eigenvalue weighted by Gasteiger charge is 2.31. The van der Waals surface area contributed by atoms with Gasteiger partial charge in [0.2, 0.25) is 11.8 Å². The number of thiophene rings is 1. The molecule has 0 saturated heterocycles. The first-order valence-corrected chi connectivity index (χ1v) is 13.0. The molecule has 1 aliphatic carbocycles. The van der Waals surface area contributed by atoms with E-state index in [0.29, 0.717) is 43.5 Å². The molecule has 7 heteroatoms. The van der Waals surface area contributed by atoms with Crippen LogP contribution in [0.3, 0.4) is 0 Å². The van der Waals surface area contributed by atoms with Crippen LogP contribution in [0.2, 0.25) is 0 Å². The molecular weight excluding hydrogens is 448 g/mol. The zero-order chi connectivity index (χ0) is 24.7. The number of benzene rings is 1. The predicted octanol–water partition coefficient (Wildman–Crippen LogP) is 4.93. The van der Waals surface area contributed by atoms with Crippen LogP contribution in [0.1, 0.15) is 49.1 Å². The predicted molar refractivity (Wildman–Crippen MR) is 136 cm³/mol. The lowest BCUT2D eigenvalue weighted by molar-refractivity contribution is -0.145. The van der Waals surface area contributed by atoms with Gasteiger partial charge < -0.3 is 19.3 Å². The van der Waals surface area contributed by atoms with Crippen molar-refractivity contribution in [3.8, 4) is 11.5 Å². The van der Waals surface area contributed by atoms with Gasteiger partial charge in [0.25, 0.3) is 0 Å². The number of hydrogen-bond acceptors (Lipinski definition) is 5. The first-order valence-electron chi connectivity index (χ1n) is 12.1. The van der Waals surface area contributed by atoms with E-state index in [1.165, 1.54) is 10.4 Å². The Morgan fingerprint density at radius 3 is 2.38 bits per heavy atom. The minimum Gasteiger partial charge on any atom is -0.493 e. The number of methoxy groups -OCH3 is 2. The van der Waals surface area contributed by atoms with Crippen molar-refractivity contribution in [3.63, 3.8) is 0 Å².